The first kappa shape index (κ1) is 15.4. The molecule has 1 saturated heterocycles. The monoisotopic (exact) mass is 293 g/mol. The first-order chi connectivity index (χ1) is 9.99. The smallest absolute Gasteiger partial charge is 0.239 e. The van der Waals surface area contributed by atoms with Gasteiger partial charge >= 0.3 is 0 Å². The summed E-state index contributed by atoms with van der Waals surface area (Å²) in [6, 6.07) is 5.74. The van der Waals surface area contributed by atoms with Gasteiger partial charge in [0, 0.05) is 25.3 Å². The summed E-state index contributed by atoms with van der Waals surface area (Å²) in [6.45, 7) is 1.73. The number of hydrogen-bond donors (Lipinski definition) is 1. The molecule has 2 rings (SSSR count). The molecule has 1 heterocycles. The lowest BCUT2D eigenvalue weighted by molar-refractivity contribution is -0.132. The molecule has 0 spiro atoms. The van der Waals surface area contributed by atoms with Crippen LogP contribution in [0.4, 0.5) is 10.1 Å². The molecular weight excluding hydrogens is 273 g/mol. The van der Waals surface area contributed by atoms with E-state index < -0.39 is 5.92 Å². The molecule has 1 unspecified atom stereocenters. The molecule has 1 N–H and O–H groups in total. The molecule has 0 bridgehead atoms. The molecule has 6 heteroatoms. The highest BCUT2D eigenvalue weighted by Gasteiger charge is 2.37. The van der Waals surface area contributed by atoms with Crippen LogP contribution in [0.3, 0.4) is 0 Å². The van der Waals surface area contributed by atoms with Crippen LogP contribution < -0.4 is 10.2 Å². The van der Waals surface area contributed by atoms with Crippen LogP contribution in [0.5, 0.6) is 0 Å². The van der Waals surface area contributed by atoms with Gasteiger partial charge in [-0.3, -0.25) is 9.59 Å². The molecule has 1 aliphatic rings. The minimum absolute atomic E-state index is 0.219. The van der Waals surface area contributed by atoms with Gasteiger partial charge in [0.25, 0.3) is 0 Å². The fourth-order valence-corrected chi connectivity index (χ4v) is 2.33. The molecule has 1 aromatic rings. The van der Waals surface area contributed by atoms with E-state index in [1.807, 2.05) is 19.0 Å². The van der Waals surface area contributed by atoms with Gasteiger partial charge in [-0.05, 0) is 44.8 Å². The van der Waals surface area contributed by atoms with Crippen molar-refractivity contribution in [3.8, 4) is 0 Å². The maximum Gasteiger partial charge on any atom is 0.239 e. The number of carbonyl (C=O) groups is 2. The van der Waals surface area contributed by atoms with Crippen molar-refractivity contribution >= 4 is 17.5 Å². The normalized spacial score (nSPS) is 18.4. The number of anilines is 1. The predicted octanol–water partition coefficient (Wildman–Crippen LogP) is 0.856. The maximum absolute atomic E-state index is 12.9. The summed E-state index contributed by atoms with van der Waals surface area (Å²) in [4.78, 5) is 27.8. The van der Waals surface area contributed by atoms with E-state index >= 15 is 0 Å². The van der Waals surface area contributed by atoms with Gasteiger partial charge in [0.2, 0.25) is 11.8 Å². The molecule has 1 aliphatic heterocycles. The van der Waals surface area contributed by atoms with E-state index in [9.17, 15) is 14.0 Å². The molecule has 0 aliphatic carbocycles. The summed E-state index contributed by atoms with van der Waals surface area (Å²) in [7, 11) is 3.84. The zero-order chi connectivity index (χ0) is 15.4. The Morgan fingerprint density at radius 3 is 2.67 bits per heavy atom. The first-order valence-corrected chi connectivity index (χ1v) is 6.98. The van der Waals surface area contributed by atoms with Crippen molar-refractivity contribution in [2.24, 2.45) is 5.92 Å². The fourth-order valence-electron chi connectivity index (χ4n) is 2.33. The highest BCUT2D eigenvalue weighted by atomic mass is 19.1. The molecule has 0 aromatic heterocycles. The van der Waals surface area contributed by atoms with E-state index in [1.54, 1.807) is 12.1 Å². The Morgan fingerprint density at radius 2 is 2.05 bits per heavy atom. The number of rotatable bonds is 5. The lowest BCUT2D eigenvalue weighted by Gasteiger charge is -2.17. The second-order valence-electron chi connectivity index (χ2n) is 5.40. The van der Waals surface area contributed by atoms with E-state index in [-0.39, 0.29) is 17.6 Å². The third-order valence-corrected chi connectivity index (χ3v) is 3.52. The average Bonchev–Trinajstić information content (AvgIpc) is 2.81. The third kappa shape index (κ3) is 3.78. The Balaban J connectivity index is 1.94. The predicted molar refractivity (Wildman–Crippen MR) is 78.4 cm³/mol. The van der Waals surface area contributed by atoms with Crippen molar-refractivity contribution in [2.45, 2.75) is 6.42 Å². The van der Waals surface area contributed by atoms with Gasteiger partial charge in [-0.25, -0.2) is 4.39 Å². The van der Waals surface area contributed by atoms with Gasteiger partial charge in [0.15, 0.2) is 0 Å². The lowest BCUT2D eigenvalue weighted by Crippen LogP contribution is -2.39. The van der Waals surface area contributed by atoms with Crippen LogP contribution in [0.1, 0.15) is 6.42 Å². The third-order valence-electron chi connectivity index (χ3n) is 3.52. The van der Waals surface area contributed by atoms with Crippen LogP contribution in [-0.2, 0) is 9.59 Å². The largest absolute Gasteiger partial charge is 0.354 e. The second-order valence-corrected chi connectivity index (χ2v) is 5.40. The van der Waals surface area contributed by atoms with Gasteiger partial charge in [-0.15, -0.1) is 0 Å². The van der Waals surface area contributed by atoms with Gasteiger partial charge in [-0.2, -0.15) is 0 Å². The summed E-state index contributed by atoms with van der Waals surface area (Å²) in [5, 5.41) is 2.78. The van der Waals surface area contributed by atoms with Crippen molar-refractivity contribution in [2.75, 3.05) is 38.6 Å². The van der Waals surface area contributed by atoms with Gasteiger partial charge in [0.05, 0.1) is 0 Å². The highest BCUT2D eigenvalue weighted by molar-refractivity contribution is 6.09. The molecule has 1 aromatic carbocycles. The van der Waals surface area contributed by atoms with Crippen molar-refractivity contribution in [3.05, 3.63) is 30.1 Å². The van der Waals surface area contributed by atoms with E-state index in [1.165, 1.54) is 17.0 Å². The van der Waals surface area contributed by atoms with Crippen molar-refractivity contribution in [3.63, 3.8) is 0 Å². The summed E-state index contributed by atoms with van der Waals surface area (Å²) in [6.07, 6.45) is 0.490. The van der Waals surface area contributed by atoms with Crippen molar-refractivity contribution < 1.29 is 14.0 Å². The zero-order valence-electron chi connectivity index (χ0n) is 12.3. The Hall–Kier alpha value is -1.95. The van der Waals surface area contributed by atoms with E-state index in [4.69, 9.17) is 0 Å². The Kier molecular flexibility index (Phi) is 4.90. The minimum atomic E-state index is -0.641. The Morgan fingerprint density at radius 1 is 1.38 bits per heavy atom. The standard InChI is InChI=1S/C15H20FN3O2/c1-18(2)10-8-17-14(20)13-7-9-19(15(13)21)12-5-3-11(16)4-6-12/h3-6,13H,7-10H2,1-2H3,(H,17,20). The zero-order valence-corrected chi connectivity index (χ0v) is 12.3. The highest BCUT2D eigenvalue weighted by Crippen LogP contribution is 2.25. The van der Waals surface area contributed by atoms with Crippen LogP contribution >= 0.6 is 0 Å². The van der Waals surface area contributed by atoms with E-state index in [0.717, 1.165) is 6.54 Å². The molecule has 1 fully saturated rings. The second kappa shape index (κ2) is 6.67. The van der Waals surface area contributed by atoms with Crippen LogP contribution in [0, 0.1) is 11.7 Å². The minimum Gasteiger partial charge on any atom is -0.354 e. The molecule has 1 atom stereocenters. The molecular formula is C15H20FN3O2. The van der Waals surface area contributed by atoms with Crippen LogP contribution in [0.25, 0.3) is 0 Å². The maximum atomic E-state index is 12.9. The summed E-state index contributed by atoms with van der Waals surface area (Å²) in [5.41, 5.74) is 0.630. The number of hydrogen-bond acceptors (Lipinski definition) is 3. The number of nitrogens with zero attached hydrogens (tertiary/aromatic N) is 2. The van der Waals surface area contributed by atoms with Crippen molar-refractivity contribution in [1.29, 1.82) is 0 Å². The van der Waals surface area contributed by atoms with Gasteiger partial charge in [-0.1, -0.05) is 0 Å². The fraction of sp³-hybridized carbons (Fsp3) is 0.467. The van der Waals surface area contributed by atoms with E-state index in [2.05, 4.69) is 5.32 Å². The number of nitrogens with one attached hydrogen (secondary N) is 1. The molecule has 2 amide bonds. The molecule has 21 heavy (non-hydrogen) atoms. The summed E-state index contributed by atoms with van der Waals surface area (Å²) >= 11 is 0. The summed E-state index contributed by atoms with van der Waals surface area (Å²) in [5.74, 6) is -1.43. The molecule has 114 valence electrons. The first-order valence-electron chi connectivity index (χ1n) is 6.98. The Labute approximate surface area is 123 Å². The summed E-state index contributed by atoms with van der Waals surface area (Å²) < 4.78 is 12.9. The van der Waals surface area contributed by atoms with Crippen LogP contribution in [0.15, 0.2) is 24.3 Å². The number of amides is 2. The van der Waals surface area contributed by atoms with Crippen LogP contribution in [0.2, 0.25) is 0 Å². The van der Waals surface area contributed by atoms with Gasteiger partial charge in [0.1, 0.15) is 11.7 Å². The van der Waals surface area contributed by atoms with Crippen LogP contribution in [-0.4, -0.2) is 50.4 Å². The Bertz CT molecular complexity index is 516. The quantitative estimate of drug-likeness (QED) is 0.819. The lowest BCUT2D eigenvalue weighted by atomic mass is 10.1. The number of likely N-dealkylation sites (N-methyl/N-ethyl adjacent to an activating group) is 1. The topological polar surface area (TPSA) is 52.7 Å². The number of carbonyl (C=O) groups excluding carboxylic acids is 2. The van der Waals surface area contributed by atoms with Gasteiger partial charge < -0.3 is 15.1 Å². The number of halogens is 1. The molecule has 0 saturated carbocycles. The average molecular weight is 293 g/mol. The SMILES string of the molecule is CN(C)CCNC(=O)C1CCN(c2ccc(F)cc2)C1=O. The van der Waals surface area contributed by atoms with E-state index in [0.29, 0.717) is 25.2 Å². The molecule has 5 nitrogen and oxygen atoms in total. The number of benzene rings is 1. The molecule has 0 radical (unpaired) electrons. The van der Waals surface area contributed by atoms with Crippen molar-refractivity contribution in [1.82, 2.24) is 10.2 Å².